The Morgan fingerprint density at radius 1 is 1.10 bits per heavy atom. The quantitative estimate of drug-likeness (QED) is 0.865. The van der Waals surface area contributed by atoms with E-state index in [-0.39, 0.29) is 0 Å². The van der Waals surface area contributed by atoms with Gasteiger partial charge in [0.2, 0.25) is 0 Å². The zero-order valence-corrected chi connectivity index (χ0v) is 13.0. The van der Waals surface area contributed by atoms with Crippen LogP contribution in [-0.2, 0) is 12.8 Å². The number of nitrogens with one attached hydrogen (secondary N) is 1. The fraction of sp³-hybridized carbons (Fsp3) is 0.647. The summed E-state index contributed by atoms with van der Waals surface area (Å²) >= 11 is 0. The van der Waals surface area contributed by atoms with Gasteiger partial charge in [-0.1, -0.05) is 19.8 Å². The minimum Gasteiger partial charge on any atom is -0.496 e. The SMILES string of the molecule is CCCc1cc(OC)c(CC2CCCCN2)cc1OC. The van der Waals surface area contributed by atoms with E-state index in [2.05, 4.69) is 24.4 Å². The molecule has 3 nitrogen and oxygen atoms in total. The molecule has 112 valence electrons. The van der Waals surface area contributed by atoms with Crippen LogP contribution in [0.2, 0.25) is 0 Å². The molecule has 1 aliphatic rings. The highest BCUT2D eigenvalue weighted by Gasteiger charge is 2.17. The molecule has 1 aromatic carbocycles. The predicted molar refractivity (Wildman–Crippen MR) is 82.9 cm³/mol. The van der Waals surface area contributed by atoms with Crippen LogP contribution in [0.5, 0.6) is 11.5 Å². The third-order valence-electron chi connectivity index (χ3n) is 4.08. The zero-order valence-electron chi connectivity index (χ0n) is 13.0. The van der Waals surface area contributed by atoms with Crippen molar-refractivity contribution >= 4 is 0 Å². The molecule has 1 heterocycles. The van der Waals surface area contributed by atoms with Crippen LogP contribution in [0, 0.1) is 0 Å². The summed E-state index contributed by atoms with van der Waals surface area (Å²) in [7, 11) is 3.51. The highest BCUT2D eigenvalue weighted by atomic mass is 16.5. The first-order chi connectivity index (χ1) is 9.78. The summed E-state index contributed by atoms with van der Waals surface area (Å²) in [6.45, 7) is 3.32. The number of benzene rings is 1. The van der Waals surface area contributed by atoms with E-state index in [4.69, 9.17) is 9.47 Å². The fourth-order valence-corrected chi connectivity index (χ4v) is 3.01. The van der Waals surface area contributed by atoms with Crippen molar-refractivity contribution in [1.82, 2.24) is 5.32 Å². The van der Waals surface area contributed by atoms with Gasteiger partial charge in [0.05, 0.1) is 14.2 Å². The first-order valence-electron chi connectivity index (χ1n) is 7.75. The standard InChI is InChI=1S/C17H27NO2/c1-4-7-13-11-17(20-3)14(12-16(13)19-2)10-15-8-5-6-9-18-15/h11-12,15,18H,4-10H2,1-3H3. The van der Waals surface area contributed by atoms with E-state index in [1.165, 1.54) is 30.4 Å². The van der Waals surface area contributed by atoms with Gasteiger partial charge in [-0.15, -0.1) is 0 Å². The third kappa shape index (κ3) is 3.66. The lowest BCUT2D eigenvalue weighted by Gasteiger charge is -2.24. The zero-order chi connectivity index (χ0) is 14.4. The summed E-state index contributed by atoms with van der Waals surface area (Å²) in [5, 5.41) is 3.60. The van der Waals surface area contributed by atoms with Gasteiger partial charge in [-0.3, -0.25) is 0 Å². The Balaban J connectivity index is 2.21. The van der Waals surface area contributed by atoms with Crippen molar-refractivity contribution in [2.75, 3.05) is 20.8 Å². The van der Waals surface area contributed by atoms with Crippen LogP contribution in [0.3, 0.4) is 0 Å². The maximum atomic E-state index is 5.59. The van der Waals surface area contributed by atoms with Crippen LogP contribution in [0.25, 0.3) is 0 Å². The molecule has 1 saturated heterocycles. The molecule has 0 aliphatic carbocycles. The molecule has 0 amide bonds. The number of ether oxygens (including phenoxy) is 2. The van der Waals surface area contributed by atoms with Gasteiger partial charge in [-0.05, 0) is 55.5 Å². The Morgan fingerprint density at radius 3 is 2.40 bits per heavy atom. The Kier molecular flexibility index (Phi) is 5.72. The molecule has 1 aromatic rings. The molecule has 20 heavy (non-hydrogen) atoms. The number of hydrogen-bond acceptors (Lipinski definition) is 3. The maximum absolute atomic E-state index is 5.59. The average Bonchev–Trinajstić information content (AvgIpc) is 2.49. The van der Waals surface area contributed by atoms with Crippen LogP contribution in [0.1, 0.15) is 43.7 Å². The van der Waals surface area contributed by atoms with Crippen LogP contribution in [0.4, 0.5) is 0 Å². The van der Waals surface area contributed by atoms with Gasteiger partial charge in [0.1, 0.15) is 11.5 Å². The number of aryl methyl sites for hydroxylation is 1. The number of hydrogen-bond donors (Lipinski definition) is 1. The molecule has 3 heteroatoms. The van der Waals surface area contributed by atoms with Gasteiger partial charge in [0, 0.05) is 6.04 Å². The molecule has 1 N–H and O–H groups in total. The molecule has 1 atom stereocenters. The minimum atomic E-state index is 0.569. The van der Waals surface area contributed by atoms with Crippen molar-refractivity contribution in [3.05, 3.63) is 23.3 Å². The van der Waals surface area contributed by atoms with Crippen LogP contribution >= 0.6 is 0 Å². The van der Waals surface area contributed by atoms with E-state index in [0.29, 0.717) is 6.04 Å². The largest absolute Gasteiger partial charge is 0.496 e. The molecular weight excluding hydrogens is 250 g/mol. The van der Waals surface area contributed by atoms with Crippen molar-refractivity contribution in [1.29, 1.82) is 0 Å². The van der Waals surface area contributed by atoms with Crippen molar-refractivity contribution in [2.45, 2.75) is 51.5 Å². The lowest BCUT2D eigenvalue weighted by Crippen LogP contribution is -2.35. The van der Waals surface area contributed by atoms with Gasteiger partial charge in [0.25, 0.3) is 0 Å². The Hall–Kier alpha value is -1.22. The Bertz CT molecular complexity index is 425. The van der Waals surface area contributed by atoms with Gasteiger partial charge in [-0.25, -0.2) is 0 Å². The number of piperidine rings is 1. The molecule has 0 spiro atoms. The third-order valence-corrected chi connectivity index (χ3v) is 4.08. The smallest absolute Gasteiger partial charge is 0.122 e. The summed E-state index contributed by atoms with van der Waals surface area (Å²) in [4.78, 5) is 0. The van der Waals surface area contributed by atoms with Gasteiger partial charge >= 0.3 is 0 Å². The Labute approximate surface area is 122 Å². The highest BCUT2D eigenvalue weighted by molar-refractivity contribution is 5.47. The topological polar surface area (TPSA) is 30.5 Å². The number of rotatable bonds is 6. The molecule has 0 saturated carbocycles. The lowest BCUT2D eigenvalue weighted by atomic mass is 9.95. The van der Waals surface area contributed by atoms with E-state index in [1.54, 1.807) is 14.2 Å². The second-order valence-corrected chi connectivity index (χ2v) is 5.58. The van der Waals surface area contributed by atoms with E-state index in [0.717, 1.165) is 37.3 Å². The molecule has 0 aromatic heterocycles. The second-order valence-electron chi connectivity index (χ2n) is 5.58. The minimum absolute atomic E-state index is 0.569. The van der Waals surface area contributed by atoms with E-state index in [9.17, 15) is 0 Å². The predicted octanol–water partition coefficient (Wildman–Crippen LogP) is 3.34. The fourth-order valence-electron chi connectivity index (χ4n) is 3.01. The Morgan fingerprint density at radius 2 is 1.80 bits per heavy atom. The first kappa shape index (κ1) is 15.2. The summed E-state index contributed by atoms with van der Waals surface area (Å²) in [5.41, 5.74) is 2.50. The van der Waals surface area contributed by atoms with Gasteiger partial charge in [0.15, 0.2) is 0 Å². The van der Waals surface area contributed by atoms with E-state index >= 15 is 0 Å². The normalized spacial score (nSPS) is 18.9. The van der Waals surface area contributed by atoms with Crippen LogP contribution in [-0.4, -0.2) is 26.8 Å². The summed E-state index contributed by atoms with van der Waals surface area (Å²) in [5.74, 6) is 2.00. The maximum Gasteiger partial charge on any atom is 0.122 e. The molecule has 0 radical (unpaired) electrons. The first-order valence-corrected chi connectivity index (χ1v) is 7.75. The summed E-state index contributed by atoms with van der Waals surface area (Å²) in [6.07, 6.45) is 7.04. The lowest BCUT2D eigenvalue weighted by molar-refractivity contribution is 0.375. The molecule has 1 unspecified atom stereocenters. The van der Waals surface area contributed by atoms with Crippen molar-refractivity contribution in [3.8, 4) is 11.5 Å². The van der Waals surface area contributed by atoms with E-state index in [1.807, 2.05) is 0 Å². The van der Waals surface area contributed by atoms with E-state index < -0.39 is 0 Å². The molecule has 2 rings (SSSR count). The van der Waals surface area contributed by atoms with Gasteiger partial charge < -0.3 is 14.8 Å². The summed E-state index contributed by atoms with van der Waals surface area (Å²) in [6, 6.07) is 4.89. The average molecular weight is 277 g/mol. The molecule has 1 aliphatic heterocycles. The van der Waals surface area contributed by atoms with Crippen molar-refractivity contribution in [3.63, 3.8) is 0 Å². The molecular formula is C17H27NO2. The van der Waals surface area contributed by atoms with Crippen molar-refractivity contribution < 1.29 is 9.47 Å². The molecule has 1 fully saturated rings. The van der Waals surface area contributed by atoms with Crippen LogP contribution in [0.15, 0.2) is 12.1 Å². The monoisotopic (exact) mass is 277 g/mol. The van der Waals surface area contributed by atoms with Gasteiger partial charge in [-0.2, -0.15) is 0 Å². The molecule has 0 bridgehead atoms. The summed E-state index contributed by atoms with van der Waals surface area (Å²) < 4.78 is 11.1. The van der Waals surface area contributed by atoms with Crippen LogP contribution < -0.4 is 14.8 Å². The highest BCUT2D eigenvalue weighted by Crippen LogP contribution is 2.31. The van der Waals surface area contributed by atoms with Crippen molar-refractivity contribution in [2.24, 2.45) is 0 Å². The number of methoxy groups -OCH3 is 2. The second kappa shape index (κ2) is 7.53.